The van der Waals surface area contributed by atoms with Crippen LogP contribution in [0.5, 0.6) is 0 Å². The van der Waals surface area contributed by atoms with Crippen molar-refractivity contribution in [3.63, 3.8) is 0 Å². The van der Waals surface area contributed by atoms with Crippen molar-refractivity contribution in [2.75, 3.05) is 6.26 Å². The lowest BCUT2D eigenvalue weighted by Crippen LogP contribution is -2.34. The molecule has 1 N–H and O–H groups in total. The van der Waals surface area contributed by atoms with Crippen molar-refractivity contribution in [3.8, 4) is 0 Å². The molecule has 1 aromatic rings. The van der Waals surface area contributed by atoms with Gasteiger partial charge in [0.2, 0.25) is 5.91 Å². The zero-order valence-electron chi connectivity index (χ0n) is 11.1. The van der Waals surface area contributed by atoms with Crippen molar-refractivity contribution in [2.45, 2.75) is 39.1 Å². The molecule has 0 aromatic carbocycles. The van der Waals surface area contributed by atoms with E-state index in [-0.39, 0.29) is 11.3 Å². The molecular formula is C13H20N2OS. The van der Waals surface area contributed by atoms with Crippen LogP contribution in [0.2, 0.25) is 0 Å². The van der Waals surface area contributed by atoms with Gasteiger partial charge in [-0.2, -0.15) is 0 Å². The lowest BCUT2D eigenvalue weighted by Gasteiger charge is -2.18. The van der Waals surface area contributed by atoms with Crippen molar-refractivity contribution >= 4 is 17.7 Å². The van der Waals surface area contributed by atoms with E-state index in [9.17, 15) is 4.79 Å². The molecule has 0 saturated heterocycles. The topological polar surface area (TPSA) is 42.0 Å². The summed E-state index contributed by atoms with van der Waals surface area (Å²) < 4.78 is 0. The lowest BCUT2D eigenvalue weighted by atomic mass is 9.96. The Labute approximate surface area is 107 Å². The Bertz CT molecular complexity index is 410. The van der Waals surface area contributed by atoms with Gasteiger partial charge >= 0.3 is 0 Å². The van der Waals surface area contributed by atoms with Crippen LogP contribution in [0.15, 0.2) is 17.0 Å². The second-order valence-electron chi connectivity index (χ2n) is 5.03. The maximum atomic E-state index is 11.8. The number of amides is 1. The van der Waals surface area contributed by atoms with Crippen molar-refractivity contribution in [1.82, 2.24) is 10.3 Å². The highest BCUT2D eigenvalue weighted by Crippen LogP contribution is 2.19. The quantitative estimate of drug-likeness (QED) is 0.841. The van der Waals surface area contributed by atoms with Gasteiger partial charge in [-0.05, 0) is 25.3 Å². The first-order valence-corrected chi connectivity index (χ1v) is 6.86. The van der Waals surface area contributed by atoms with E-state index >= 15 is 0 Å². The number of hydrogen-bond acceptors (Lipinski definition) is 3. The summed E-state index contributed by atoms with van der Waals surface area (Å²) in [6.45, 7) is 8.16. The molecular weight excluding hydrogens is 232 g/mol. The summed E-state index contributed by atoms with van der Waals surface area (Å²) in [5.41, 5.74) is 1.56. The summed E-state index contributed by atoms with van der Waals surface area (Å²) >= 11 is 1.65. The van der Waals surface area contributed by atoms with Gasteiger partial charge in [-0.15, -0.1) is 11.8 Å². The van der Waals surface area contributed by atoms with E-state index in [1.807, 2.05) is 46.1 Å². The van der Waals surface area contributed by atoms with Gasteiger partial charge in [-0.1, -0.05) is 20.8 Å². The van der Waals surface area contributed by atoms with E-state index in [0.29, 0.717) is 6.54 Å². The molecule has 1 amide bonds. The summed E-state index contributed by atoms with van der Waals surface area (Å²) in [5.74, 6) is 0.0489. The summed E-state index contributed by atoms with van der Waals surface area (Å²) in [5, 5.41) is 2.93. The number of carbonyl (C=O) groups excluding carboxylic acids is 1. The molecule has 94 valence electrons. The van der Waals surface area contributed by atoms with Crippen molar-refractivity contribution in [2.24, 2.45) is 5.41 Å². The number of nitrogens with zero attached hydrogens (tertiary/aromatic N) is 1. The summed E-state index contributed by atoms with van der Waals surface area (Å²) in [4.78, 5) is 17.4. The Morgan fingerprint density at radius 3 is 2.59 bits per heavy atom. The smallest absolute Gasteiger partial charge is 0.225 e. The van der Waals surface area contributed by atoms with Gasteiger partial charge in [0.25, 0.3) is 0 Å². The normalized spacial score (nSPS) is 11.4. The third-order valence-corrected chi connectivity index (χ3v) is 3.20. The fourth-order valence-electron chi connectivity index (χ4n) is 1.34. The first-order chi connectivity index (χ1) is 7.84. The van der Waals surface area contributed by atoms with Crippen LogP contribution in [0.25, 0.3) is 0 Å². The fourth-order valence-corrected chi connectivity index (χ4v) is 1.90. The van der Waals surface area contributed by atoms with Gasteiger partial charge in [0.1, 0.15) is 0 Å². The van der Waals surface area contributed by atoms with Crippen LogP contribution in [0.1, 0.15) is 32.2 Å². The molecule has 0 aliphatic carbocycles. The van der Waals surface area contributed by atoms with Gasteiger partial charge in [0.15, 0.2) is 0 Å². The van der Waals surface area contributed by atoms with Crippen LogP contribution in [-0.2, 0) is 11.3 Å². The molecule has 0 spiro atoms. The predicted octanol–water partition coefficient (Wildman–Crippen LogP) is 2.77. The summed E-state index contributed by atoms with van der Waals surface area (Å²) in [6.07, 6.45) is 2.02. The minimum atomic E-state index is -0.358. The average Bonchev–Trinajstić information content (AvgIpc) is 2.24. The molecule has 0 unspecified atom stereocenters. The number of aryl methyl sites for hydroxylation is 1. The van der Waals surface area contributed by atoms with Crippen LogP contribution < -0.4 is 5.32 Å². The van der Waals surface area contributed by atoms with E-state index in [1.54, 1.807) is 11.8 Å². The Hall–Kier alpha value is -1.03. The maximum absolute atomic E-state index is 11.8. The maximum Gasteiger partial charge on any atom is 0.225 e. The SMILES string of the molecule is CSc1ccc(C)nc1CNC(=O)C(C)(C)C. The van der Waals surface area contributed by atoms with Gasteiger partial charge < -0.3 is 5.32 Å². The largest absolute Gasteiger partial charge is 0.350 e. The molecule has 0 aliphatic heterocycles. The summed E-state index contributed by atoms with van der Waals surface area (Å²) in [6, 6.07) is 4.03. The van der Waals surface area contributed by atoms with E-state index in [4.69, 9.17) is 0 Å². The zero-order valence-corrected chi connectivity index (χ0v) is 11.9. The highest BCUT2D eigenvalue weighted by atomic mass is 32.2. The molecule has 0 fully saturated rings. The first kappa shape index (κ1) is 14.0. The van der Waals surface area contributed by atoms with Gasteiger partial charge in [0, 0.05) is 16.0 Å². The number of nitrogens with one attached hydrogen (secondary N) is 1. The van der Waals surface area contributed by atoms with Crippen molar-refractivity contribution in [3.05, 3.63) is 23.5 Å². The number of hydrogen-bond donors (Lipinski definition) is 1. The molecule has 0 saturated carbocycles. The molecule has 0 atom stereocenters. The van der Waals surface area contributed by atoms with Crippen molar-refractivity contribution < 1.29 is 4.79 Å². The van der Waals surface area contributed by atoms with E-state index in [0.717, 1.165) is 16.3 Å². The monoisotopic (exact) mass is 252 g/mol. The second kappa shape index (κ2) is 5.54. The van der Waals surface area contributed by atoms with Crippen LogP contribution >= 0.6 is 11.8 Å². The number of rotatable bonds is 3. The van der Waals surface area contributed by atoms with E-state index in [2.05, 4.69) is 10.3 Å². The standard InChI is InChI=1S/C13H20N2OS/c1-9-6-7-11(17-5)10(15-9)8-14-12(16)13(2,3)4/h6-7H,8H2,1-5H3,(H,14,16). The first-order valence-electron chi connectivity index (χ1n) is 5.63. The van der Waals surface area contributed by atoms with Gasteiger partial charge in [-0.25, -0.2) is 0 Å². The van der Waals surface area contributed by atoms with Crippen LogP contribution in [0.4, 0.5) is 0 Å². The number of carbonyl (C=O) groups is 1. The van der Waals surface area contributed by atoms with Gasteiger partial charge in [-0.3, -0.25) is 9.78 Å². The zero-order chi connectivity index (χ0) is 13.1. The predicted molar refractivity (Wildman–Crippen MR) is 72.1 cm³/mol. The molecule has 0 radical (unpaired) electrons. The van der Waals surface area contributed by atoms with Crippen LogP contribution in [0.3, 0.4) is 0 Å². The molecule has 4 heteroatoms. The molecule has 1 rings (SSSR count). The van der Waals surface area contributed by atoms with E-state index in [1.165, 1.54) is 0 Å². The molecule has 0 bridgehead atoms. The van der Waals surface area contributed by atoms with E-state index < -0.39 is 0 Å². The lowest BCUT2D eigenvalue weighted by molar-refractivity contribution is -0.128. The Morgan fingerprint density at radius 1 is 1.41 bits per heavy atom. The molecule has 3 nitrogen and oxygen atoms in total. The second-order valence-corrected chi connectivity index (χ2v) is 5.88. The summed E-state index contributed by atoms with van der Waals surface area (Å²) in [7, 11) is 0. The van der Waals surface area contributed by atoms with Crippen LogP contribution in [0, 0.1) is 12.3 Å². The minimum absolute atomic E-state index is 0.0489. The number of aromatic nitrogens is 1. The number of thioether (sulfide) groups is 1. The van der Waals surface area contributed by atoms with Gasteiger partial charge in [0.05, 0.1) is 12.2 Å². The Kier molecular flexibility index (Phi) is 4.57. The molecule has 0 aliphatic rings. The fraction of sp³-hybridized carbons (Fsp3) is 0.538. The third kappa shape index (κ3) is 4.04. The van der Waals surface area contributed by atoms with Crippen molar-refractivity contribution in [1.29, 1.82) is 0 Å². The van der Waals surface area contributed by atoms with Crippen LogP contribution in [-0.4, -0.2) is 17.1 Å². The highest BCUT2D eigenvalue weighted by molar-refractivity contribution is 7.98. The Morgan fingerprint density at radius 2 is 2.06 bits per heavy atom. The molecule has 17 heavy (non-hydrogen) atoms. The average molecular weight is 252 g/mol. The molecule has 1 aromatic heterocycles. The number of pyridine rings is 1. The molecule has 1 heterocycles. The Balaban J connectivity index is 2.75. The highest BCUT2D eigenvalue weighted by Gasteiger charge is 2.21. The minimum Gasteiger partial charge on any atom is -0.350 e. The third-order valence-electron chi connectivity index (χ3n) is 2.39.